The third-order valence-electron chi connectivity index (χ3n) is 3.20. The van der Waals surface area contributed by atoms with Crippen LogP contribution in [0.1, 0.15) is 33.6 Å². The molecule has 1 fully saturated rings. The Morgan fingerprint density at radius 1 is 1.39 bits per heavy atom. The summed E-state index contributed by atoms with van der Waals surface area (Å²) in [4.78, 5) is 15.8. The highest BCUT2D eigenvalue weighted by Crippen LogP contribution is 2.18. The third-order valence-corrected chi connectivity index (χ3v) is 3.20. The second-order valence-corrected chi connectivity index (χ2v) is 5.89. The summed E-state index contributed by atoms with van der Waals surface area (Å²) in [5, 5.41) is 8.88. The van der Waals surface area contributed by atoms with Crippen molar-refractivity contribution in [3.8, 4) is 0 Å². The van der Waals surface area contributed by atoms with Crippen LogP contribution in [0, 0.1) is 0 Å². The van der Waals surface area contributed by atoms with Gasteiger partial charge in [0.15, 0.2) is 0 Å². The molecule has 0 unspecified atom stereocenters. The molecule has 0 bridgehead atoms. The minimum atomic E-state index is -0.442. The third kappa shape index (κ3) is 4.82. The number of piperidine rings is 1. The van der Waals surface area contributed by atoms with Crippen molar-refractivity contribution < 1.29 is 14.6 Å². The molecule has 1 heterocycles. The predicted molar refractivity (Wildman–Crippen MR) is 70.5 cm³/mol. The average molecular weight is 258 g/mol. The first kappa shape index (κ1) is 15.2. The highest BCUT2D eigenvalue weighted by Gasteiger charge is 2.28. The van der Waals surface area contributed by atoms with Gasteiger partial charge in [-0.3, -0.25) is 0 Å². The number of aliphatic hydroxyl groups excluding tert-OH is 1. The number of likely N-dealkylation sites (tertiary alicyclic amines) is 1. The molecule has 0 radical (unpaired) electrons. The van der Waals surface area contributed by atoms with Crippen molar-refractivity contribution in [2.75, 3.05) is 33.3 Å². The quantitative estimate of drug-likeness (QED) is 0.829. The lowest BCUT2D eigenvalue weighted by Crippen LogP contribution is -2.47. The maximum Gasteiger partial charge on any atom is 0.410 e. The van der Waals surface area contributed by atoms with Crippen LogP contribution in [-0.2, 0) is 4.74 Å². The Labute approximate surface area is 110 Å². The molecule has 1 N–H and O–H groups in total. The molecule has 1 saturated heterocycles. The number of rotatable bonds is 3. The normalized spacial score (nSPS) is 18.7. The van der Waals surface area contributed by atoms with Crippen molar-refractivity contribution in [1.82, 2.24) is 9.80 Å². The average Bonchev–Trinajstić information content (AvgIpc) is 2.27. The molecule has 0 aromatic carbocycles. The van der Waals surface area contributed by atoms with E-state index < -0.39 is 5.60 Å². The van der Waals surface area contributed by atoms with Crippen molar-refractivity contribution >= 4 is 6.09 Å². The van der Waals surface area contributed by atoms with Crippen LogP contribution in [0.3, 0.4) is 0 Å². The number of hydrogen-bond acceptors (Lipinski definition) is 4. The number of amides is 1. The van der Waals surface area contributed by atoms with Crippen LogP contribution in [0.5, 0.6) is 0 Å². The lowest BCUT2D eigenvalue weighted by atomic mass is 10.0. The van der Waals surface area contributed by atoms with Crippen LogP contribution in [0.2, 0.25) is 0 Å². The lowest BCUT2D eigenvalue weighted by molar-refractivity contribution is 0.0145. The van der Waals surface area contributed by atoms with E-state index in [1.807, 2.05) is 20.8 Å². The smallest absolute Gasteiger partial charge is 0.410 e. The first-order valence-corrected chi connectivity index (χ1v) is 6.62. The van der Waals surface area contributed by atoms with Gasteiger partial charge in [-0.2, -0.15) is 0 Å². The molecule has 0 aliphatic carbocycles. The van der Waals surface area contributed by atoms with Crippen LogP contribution < -0.4 is 0 Å². The Bertz CT molecular complexity index is 268. The molecule has 0 atom stereocenters. The topological polar surface area (TPSA) is 53.0 Å². The Morgan fingerprint density at radius 3 is 2.39 bits per heavy atom. The van der Waals surface area contributed by atoms with E-state index in [0.717, 1.165) is 32.5 Å². The van der Waals surface area contributed by atoms with E-state index in [9.17, 15) is 4.79 Å². The number of carbonyl (C=O) groups is 1. The van der Waals surface area contributed by atoms with E-state index >= 15 is 0 Å². The van der Waals surface area contributed by atoms with E-state index in [4.69, 9.17) is 9.84 Å². The molecule has 1 aliphatic rings. The first-order chi connectivity index (χ1) is 8.33. The summed E-state index contributed by atoms with van der Waals surface area (Å²) < 4.78 is 5.36. The number of ether oxygens (including phenoxy) is 1. The van der Waals surface area contributed by atoms with Crippen molar-refractivity contribution in [3.63, 3.8) is 0 Å². The van der Waals surface area contributed by atoms with Gasteiger partial charge in [0.25, 0.3) is 0 Å². The van der Waals surface area contributed by atoms with Crippen LogP contribution in [0.25, 0.3) is 0 Å². The summed E-state index contributed by atoms with van der Waals surface area (Å²) in [6.45, 7) is 8.42. The zero-order valence-electron chi connectivity index (χ0n) is 12.0. The number of hydrogen-bond donors (Lipinski definition) is 1. The largest absolute Gasteiger partial charge is 0.444 e. The fourth-order valence-corrected chi connectivity index (χ4v) is 2.15. The first-order valence-electron chi connectivity index (χ1n) is 6.62. The Morgan fingerprint density at radius 2 is 1.94 bits per heavy atom. The molecule has 0 saturated carbocycles. The maximum absolute atomic E-state index is 11.9. The molecule has 1 amide bonds. The van der Waals surface area contributed by atoms with E-state index in [1.165, 1.54) is 0 Å². The minimum Gasteiger partial charge on any atom is -0.444 e. The lowest BCUT2D eigenvalue weighted by Gasteiger charge is -2.37. The molecule has 106 valence electrons. The molecule has 1 rings (SSSR count). The van der Waals surface area contributed by atoms with Crippen molar-refractivity contribution in [1.29, 1.82) is 0 Å². The van der Waals surface area contributed by atoms with Gasteiger partial charge in [-0.25, -0.2) is 4.79 Å². The van der Waals surface area contributed by atoms with Gasteiger partial charge in [-0.15, -0.1) is 0 Å². The van der Waals surface area contributed by atoms with Gasteiger partial charge in [-0.05, 0) is 33.6 Å². The van der Waals surface area contributed by atoms with Gasteiger partial charge >= 0.3 is 6.09 Å². The number of nitrogens with zero attached hydrogens (tertiary/aromatic N) is 2. The molecular weight excluding hydrogens is 232 g/mol. The van der Waals surface area contributed by atoms with Gasteiger partial charge in [0.2, 0.25) is 0 Å². The molecule has 5 nitrogen and oxygen atoms in total. The number of β-amino-alcohol motifs (C(OH)–C–C–N with tert-alkyl or cyclic N) is 1. The van der Waals surface area contributed by atoms with E-state index in [0.29, 0.717) is 0 Å². The number of aliphatic hydroxyl groups is 1. The molecule has 1 aliphatic heterocycles. The van der Waals surface area contributed by atoms with E-state index in [1.54, 1.807) is 11.9 Å². The Balaban J connectivity index is 2.40. The predicted octanol–water partition coefficient (Wildman–Crippen LogP) is 1.31. The fraction of sp³-hybridized carbons (Fsp3) is 0.923. The minimum absolute atomic E-state index is 0.201. The SMILES string of the molecule is CN(C(=O)OC(C)(C)C)C1CCN(CCO)CC1. The standard InChI is InChI=1S/C13H26N2O3/c1-13(2,3)18-12(17)14(4)11-5-7-15(8-6-11)9-10-16/h11,16H,5-10H2,1-4H3. The van der Waals surface area contributed by atoms with Crippen molar-refractivity contribution in [2.24, 2.45) is 0 Å². The van der Waals surface area contributed by atoms with Crippen LogP contribution in [0.15, 0.2) is 0 Å². The van der Waals surface area contributed by atoms with Gasteiger partial charge in [0, 0.05) is 32.7 Å². The van der Waals surface area contributed by atoms with Gasteiger partial charge in [0.1, 0.15) is 5.60 Å². The Kier molecular flexibility index (Phi) is 5.41. The van der Waals surface area contributed by atoms with Crippen molar-refractivity contribution in [3.05, 3.63) is 0 Å². The molecule has 18 heavy (non-hydrogen) atoms. The zero-order chi connectivity index (χ0) is 13.8. The molecule has 0 aromatic rings. The summed E-state index contributed by atoms with van der Waals surface area (Å²) in [5.74, 6) is 0. The fourth-order valence-electron chi connectivity index (χ4n) is 2.15. The van der Waals surface area contributed by atoms with Gasteiger partial charge in [0.05, 0.1) is 6.61 Å². The second-order valence-electron chi connectivity index (χ2n) is 5.89. The summed E-state index contributed by atoms with van der Waals surface area (Å²) in [7, 11) is 1.81. The van der Waals surface area contributed by atoms with Crippen LogP contribution >= 0.6 is 0 Å². The van der Waals surface area contributed by atoms with E-state index in [2.05, 4.69) is 4.90 Å². The molecular formula is C13H26N2O3. The van der Waals surface area contributed by atoms with Gasteiger partial charge < -0.3 is 19.6 Å². The maximum atomic E-state index is 11.9. The summed E-state index contributed by atoms with van der Waals surface area (Å²) in [6.07, 6.45) is 1.63. The summed E-state index contributed by atoms with van der Waals surface area (Å²) in [5.41, 5.74) is -0.442. The molecule has 0 spiro atoms. The highest BCUT2D eigenvalue weighted by atomic mass is 16.6. The van der Waals surface area contributed by atoms with E-state index in [-0.39, 0.29) is 18.7 Å². The van der Waals surface area contributed by atoms with Crippen LogP contribution in [0.4, 0.5) is 4.79 Å². The highest BCUT2D eigenvalue weighted by molar-refractivity contribution is 5.68. The zero-order valence-corrected chi connectivity index (χ0v) is 12.0. The van der Waals surface area contributed by atoms with Crippen LogP contribution in [-0.4, -0.2) is 65.9 Å². The monoisotopic (exact) mass is 258 g/mol. The van der Waals surface area contributed by atoms with Gasteiger partial charge in [-0.1, -0.05) is 0 Å². The molecule has 5 heteroatoms. The Hall–Kier alpha value is -0.810. The number of carbonyl (C=O) groups excluding carboxylic acids is 1. The summed E-state index contributed by atoms with van der Waals surface area (Å²) >= 11 is 0. The molecule has 0 aromatic heterocycles. The van der Waals surface area contributed by atoms with Crippen molar-refractivity contribution in [2.45, 2.75) is 45.3 Å². The second kappa shape index (κ2) is 6.38. The summed E-state index contributed by atoms with van der Waals surface area (Å²) in [6, 6.07) is 0.245.